The van der Waals surface area contributed by atoms with Crippen LogP contribution in [0.5, 0.6) is 0 Å². The zero-order chi connectivity index (χ0) is 17.2. The molecule has 1 aromatic carbocycles. The maximum absolute atomic E-state index is 12.5. The summed E-state index contributed by atoms with van der Waals surface area (Å²) >= 11 is 0. The molecule has 1 heterocycles. The van der Waals surface area contributed by atoms with Crippen LogP contribution in [0.25, 0.3) is 4.85 Å². The van der Waals surface area contributed by atoms with Gasteiger partial charge >= 0.3 is 6.18 Å². The summed E-state index contributed by atoms with van der Waals surface area (Å²) in [6.45, 7) is 11.0. The van der Waals surface area contributed by atoms with E-state index in [0.29, 0.717) is 29.4 Å². The molecule has 0 amide bonds. The molecule has 1 unspecified atom stereocenters. The van der Waals surface area contributed by atoms with E-state index in [9.17, 15) is 13.2 Å². The Bertz CT molecular complexity index is 725. The van der Waals surface area contributed by atoms with Gasteiger partial charge in [0.1, 0.15) is 5.82 Å². The minimum Gasteiger partial charge on any atom is -0.393 e. The Kier molecular flexibility index (Phi) is 4.50. The highest BCUT2D eigenvalue weighted by atomic mass is 19.4. The van der Waals surface area contributed by atoms with Crippen molar-refractivity contribution in [3.05, 3.63) is 46.9 Å². The Morgan fingerprint density at radius 2 is 1.96 bits per heavy atom. The van der Waals surface area contributed by atoms with Gasteiger partial charge in [-0.1, -0.05) is 0 Å². The van der Waals surface area contributed by atoms with E-state index in [0.717, 1.165) is 12.1 Å². The number of nitrogens with zero attached hydrogens (tertiary/aromatic N) is 3. The molecule has 0 fully saturated rings. The van der Waals surface area contributed by atoms with Crippen LogP contribution >= 0.6 is 0 Å². The van der Waals surface area contributed by atoms with Crippen LogP contribution in [0.15, 0.2) is 24.3 Å². The number of hydrogen-bond acceptors (Lipinski definition) is 3. The largest absolute Gasteiger partial charge is 0.416 e. The minimum absolute atomic E-state index is 0.161. The molecule has 0 aliphatic heterocycles. The van der Waals surface area contributed by atoms with Crippen LogP contribution in [0.3, 0.4) is 0 Å². The molecule has 1 aromatic heterocycles. The second-order valence-corrected chi connectivity index (χ2v) is 5.18. The minimum atomic E-state index is -4.34. The van der Waals surface area contributed by atoms with E-state index in [2.05, 4.69) is 15.3 Å². The molecule has 3 N–H and O–H groups in total. The van der Waals surface area contributed by atoms with Gasteiger partial charge in [-0.3, -0.25) is 4.68 Å². The first-order valence-corrected chi connectivity index (χ1v) is 6.87. The van der Waals surface area contributed by atoms with E-state index < -0.39 is 11.7 Å². The van der Waals surface area contributed by atoms with Crippen molar-refractivity contribution in [2.75, 3.05) is 17.6 Å². The molecule has 0 saturated heterocycles. The van der Waals surface area contributed by atoms with Gasteiger partial charge in [0.25, 0.3) is 0 Å². The van der Waals surface area contributed by atoms with Crippen molar-refractivity contribution in [1.29, 1.82) is 0 Å². The van der Waals surface area contributed by atoms with Crippen molar-refractivity contribution in [1.82, 2.24) is 9.78 Å². The number of rotatable bonds is 4. The third-order valence-electron chi connectivity index (χ3n) is 3.43. The maximum atomic E-state index is 12.5. The number of aryl methyl sites for hydroxylation is 1. The molecule has 5 nitrogen and oxygen atoms in total. The van der Waals surface area contributed by atoms with Crippen molar-refractivity contribution in [3.8, 4) is 0 Å². The highest BCUT2D eigenvalue weighted by Crippen LogP contribution is 2.30. The molecule has 0 aliphatic rings. The van der Waals surface area contributed by atoms with Crippen LogP contribution in [0, 0.1) is 13.5 Å². The number of alkyl halides is 3. The average molecular weight is 323 g/mol. The fourth-order valence-electron chi connectivity index (χ4n) is 2.16. The van der Waals surface area contributed by atoms with Gasteiger partial charge < -0.3 is 11.1 Å². The Morgan fingerprint density at radius 1 is 1.35 bits per heavy atom. The van der Waals surface area contributed by atoms with Gasteiger partial charge in [0, 0.05) is 12.2 Å². The summed E-state index contributed by atoms with van der Waals surface area (Å²) in [6.07, 6.45) is -4.34. The van der Waals surface area contributed by atoms with E-state index in [1.807, 2.05) is 6.92 Å². The number of hydrogen-bond donors (Lipinski definition) is 2. The number of benzene rings is 1. The summed E-state index contributed by atoms with van der Waals surface area (Å²) in [7, 11) is 0. The van der Waals surface area contributed by atoms with Crippen LogP contribution in [0.1, 0.15) is 24.2 Å². The first kappa shape index (κ1) is 16.7. The number of anilines is 2. The zero-order valence-corrected chi connectivity index (χ0v) is 12.6. The highest BCUT2D eigenvalue weighted by molar-refractivity contribution is 5.66. The summed E-state index contributed by atoms with van der Waals surface area (Å²) in [5, 5.41) is 7.26. The van der Waals surface area contributed by atoms with Gasteiger partial charge in [0.05, 0.1) is 23.9 Å². The van der Waals surface area contributed by atoms with Gasteiger partial charge in [-0.2, -0.15) is 18.3 Å². The molecule has 0 saturated carbocycles. The molecule has 0 bridgehead atoms. The Labute approximate surface area is 131 Å². The predicted molar refractivity (Wildman–Crippen MR) is 82.3 cm³/mol. The van der Waals surface area contributed by atoms with Crippen LogP contribution in [0.2, 0.25) is 0 Å². The molecule has 2 aromatic rings. The third-order valence-corrected chi connectivity index (χ3v) is 3.43. The Hall–Kier alpha value is -2.69. The third kappa shape index (κ3) is 3.56. The quantitative estimate of drug-likeness (QED) is 0.836. The van der Waals surface area contributed by atoms with E-state index in [4.69, 9.17) is 12.3 Å². The van der Waals surface area contributed by atoms with Crippen molar-refractivity contribution in [3.63, 3.8) is 0 Å². The summed E-state index contributed by atoms with van der Waals surface area (Å²) in [4.78, 5) is 3.34. The Morgan fingerprint density at radius 3 is 2.43 bits per heavy atom. The highest BCUT2D eigenvalue weighted by Gasteiger charge is 2.29. The van der Waals surface area contributed by atoms with Crippen molar-refractivity contribution < 1.29 is 13.2 Å². The van der Waals surface area contributed by atoms with Crippen molar-refractivity contribution in [2.45, 2.75) is 26.1 Å². The lowest BCUT2D eigenvalue weighted by atomic mass is 10.2. The van der Waals surface area contributed by atoms with E-state index in [1.54, 1.807) is 11.6 Å². The molecular formula is C15H16F3N5. The molecule has 0 spiro atoms. The summed E-state index contributed by atoms with van der Waals surface area (Å²) in [5.74, 6) is 0.291. The lowest BCUT2D eigenvalue weighted by Gasteiger charge is -2.16. The monoisotopic (exact) mass is 323 g/mol. The zero-order valence-electron chi connectivity index (χ0n) is 12.6. The van der Waals surface area contributed by atoms with E-state index >= 15 is 0 Å². The van der Waals surface area contributed by atoms with Gasteiger partial charge in [0.2, 0.25) is 5.69 Å². The van der Waals surface area contributed by atoms with E-state index in [1.165, 1.54) is 12.1 Å². The maximum Gasteiger partial charge on any atom is 0.416 e. The van der Waals surface area contributed by atoms with Crippen LogP contribution in [-0.2, 0) is 6.18 Å². The first-order valence-electron chi connectivity index (χ1n) is 6.87. The number of nitrogens with one attached hydrogen (secondary N) is 1. The number of nitrogens with two attached hydrogens (primary N) is 1. The lowest BCUT2D eigenvalue weighted by molar-refractivity contribution is -0.137. The van der Waals surface area contributed by atoms with Gasteiger partial charge in [-0.15, -0.1) is 0 Å². The topological polar surface area (TPSA) is 60.2 Å². The molecule has 2 rings (SSSR count). The standard InChI is InChI=1S/C15H16F3N5/c1-9(23-14(19)13(20-3)10(2)22-23)8-21-12-6-4-11(5-7-12)15(16,17)18/h4-7,9,21H,8,19H2,1-2H3. The fraction of sp³-hybridized carbons (Fsp3) is 0.333. The second-order valence-electron chi connectivity index (χ2n) is 5.18. The predicted octanol–water partition coefficient (Wildman–Crippen LogP) is 4.02. The van der Waals surface area contributed by atoms with Crippen LogP contribution in [0.4, 0.5) is 30.4 Å². The summed E-state index contributed by atoms with van der Waals surface area (Å²) in [5.41, 5.74) is 6.64. The molecule has 1 atom stereocenters. The molecule has 0 radical (unpaired) electrons. The van der Waals surface area contributed by atoms with Gasteiger partial charge in [-0.05, 0) is 38.1 Å². The van der Waals surface area contributed by atoms with Crippen LogP contribution in [-0.4, -0.2) is 16.3 Å². The molecule has 0 aliphatic carbocycles. The average Bonchev–Trinajstić information content (AvgIpc) is 2.78. The van der Waals surface area contributed by atoms with E-state index in [-0.39, 0.29) is 6.04 Å². The summed E-state index contributed by atoms with van der Waals surface area (Å²) < 4.78 is 39.1. The number of aromatic nitrogens is 2. The summed E-state index contributed by atoms with van der Waals surface area (Å²) in [6, 6.07) is 4.63. The number of nitrogen functional groups attached to an aromatic ring is 1. The smallest absolute Gasteiger partial charge is 0.393 e. The second kappa shape index (κ2) is 6.20. The van der Waals surface area contributed by atoms with Crippen molar-refractivity contribution >= 4 is 17.2 Å². The molecule has 23 heavy (non-hydrogen) atoms. The van der Waals surface area contributed by atoms with Gasteiger partial charge in [0.15, 0.2) is 0 Å². The lowest BCUT2D eigenvalue weighted by Crippen LogP contribution is -2.19. The first-order chi connectivity index (χ1) is 10.7. The number of halogens is 3. The normalized spacial score (nSPS) is 12.7. The molecule has 8 heteroatoms. The van der Waals surface area contributed by atoms with Crippen molar-refractivity contribution in [2.24, 2.45) is 0 Å². The van der Waals surface area contributed by atoms with Crippen LogP contribution < -0.4 is 11.1 Å². The SMILES string of the molecule is [C-]#[N+]c1c(C)nn(C(C)CNc2ccc(C(F)(F)F)cc2)c1N. The fourth-order valence-corrected chi connectivity index (χ4v) is 2.16. The molecule has 122 valence electrons. The van der Waals surface area contributed by atoms with Gasteiger partial charge in [-0.25, -0.2) is 4.85 Å². The molecular weight excluding hydrogens is 307 g/mol. The Balaban J connectivity index is 2.05.